The molecule has 0 saturated heterocycles. The van der Waals surface area contributed by atoms with Crippen LogP contribution in [-0.4, -0.2) is 4.57 Å². The van der Waals surface area contributed by atoms with E-state index in [0.29, 0.717) is 0 Å². The monoisotopic (exact) mass is 319 g/mol. The number of aromatic nitrogens is 1. The second kappa shape index (κ2) is 8.48. The van der Waals surface area contributed by atoms with Gasteiger partial charge >= 0.3 is 0 Å². The first-order chi connectivity index (χ1) is 9.19. The maximum absolute atomic E-state index is 10.9. The van der Waals surface area contributed by atoms with Gasteiger partial charge in [-0.05, 0) is 18.1 Å². The first kappa shape index (κ1) is 15.4. The van der Waals surface area contributed by atoms with E-state index in [0.717, 1.165) is 11.9 Å². The number of pyridine rings is 1. The van der Waals surface area contributed by atoms with Crippen LogP contribution < -0.4 is 5.43 Å². The number of hydrogen-bond acceptors (Lipinski definition) is 1. The molecule has 3 heteroatoms. The van der Waals surface area contributed by atoms with Crippen LogP contribution in [-0.2, 0) is 11.9 Å². The van der Waals surface area contributed by atoms with Crippen LogP contribution in [0.15, 0.2) is 66.2 Å². The van der Waals surface area contributed by atoms with Gasteiger partial charge in [-0.1, -0.05) is 46.3 Å². The number of rotatable bonds is 3. The van der Waals surface area contributed by atoms with Crippen molar-refractivity contribution in [3.63, 3.8) is 0 Å². The van der Waals surface area contributed by atoms with Gasteiger partial charge in [0.25, 0.3) is 0 Å². The van der Waals surface area contributed by atoms with E-state index in [4.69, 9.17) is 0 Å². The summed E-state index contributed by atoms with van der Waals surface area (Å²) in [6, 6.07) is 11.6. The van der Waals surface area contributed by atoms with Gasteiger partial charge in [-0.15, -0.1) is 6.58 Å². The van der Waals surface area contributed by atoms with Gasteiger partial charge in [0, 0.05) is 36.4 Å². The van der Waals surface area contributed by atoms with Crippen molar-refractivity contribution in [3.05, 3.63) is 82.8 Å². The highest BCUT2D eigenvalue weighted by Gasteiger charge is 1.94. The highest BCUT2D eigenvalue weighted by molar-refractivity contribution is 9.08. The Morgan fingerprint density at radius 2 is 1.58 bits per heavy atom. The lowest BCUT2D eigenvalue weighted by Gasteiger charge is -2.06. The van der Waals surface area contributed by atoms with Crippen LogP contribution in [0.5, 0.6) is 0 Å². The van der Waals surface area contributed by atoms with Crippen LogP contribution in [0.1, 0.15) is 18.1 Å². The van der Waals surface area contributed by atoms with Crippen molar-refractivity contribution in [2.45, 2.75) is 18.8 Å². The number of hydrogen-bond donors (Lipinski definition) is 0. The average Bonchev–Trinajstić information content (AvgIpc) is 2.43. The summed E-state index contributed by atoms with van der Waals surface area (Å²) in [6.07, 6.45) is 5.36. The molecule has 0 N–H and O–H groups in total. The van der Waals surface area contributed by atoms with Crippen molar-refractivity contribution in [1.29, 1.82) is 0 Å². The summed E-state index contributed by atoms with van der Waals surface area (Å²) < 4.78 is 1.99. The molecule has 1 aromatic heterocycles. The highest BCUT2D eigenvalue weighted by Crippen LogP contribution is 2.08. The second-order valence-corrected chi connectivity index (χ2v) is 4.63. The Hall–Kier alpha value is -1.61. The van der Waals surface area contributed by atoms with Crippen molar-refractivity contribution < 1.29 is 0 Å². The molecule has 0 aliphatic rings. The molecule has 1 aromatic carbocycles. The third-order valence-electron chi connectivity index (χ3n) is 2.40. The van der Waals surface area contributed by atoms with E-state index in [1.165, 1.54) is 11.1 Å². The average molecular weight is 320 g/mol. The number of halogens is 1. The van der Waals surface area contributed by atoms with Crippen molar-refractivity contribution in [2.24, 2.45) is 0 Å². The number of allylic oxidation sites excluding steroid dienone is 1. The fraction of sp³-hybridized carbons (Fsp3) is 0.188. The first-order valence-electron chi connectivity index (χ1n) is 6.06. The Kier molecular flexibility index (Phi) is 6.90. The smallest absolute Gasteiger partial charge is 0.181 e. The maximum atomic E-state index is 10.9. The maximum Gasteiger partial charge on any atom is 0.181 e. The van der Waals surface area contributed by atoms with Crippen molar-refractivity contribution in [1.82, 2.24) is 4.57 Å². The number of benzene rings is 1. The van der Waals surface area contributed by atoms with Crippen molar-refractivity contribution >= 4 is 15.9 Å². The van der Waals surface area contributed by atoms with Gasteiger partial charge in [-0.3, -0.25) is 4.79 Å². The van der Waals surface area contributed by atoms with Gasteiger partial charge in [0.2, 0.25) is 0 Å². The molecule has 2 rings (SSSR count). The minimum Gasteiger partial charge on any atom is -0.350 e. The van der Waals surface area contributed by atoms with E-state index in [2.05, 4.69) is 46.8 Å². The lowest BCUT2D eigenvalue weighted by atomic mass is 10.1. The minimum absolute atomic E-state index is 0.0471. The van der Waals surface area contributed by atoms with Gasteiger partial charge in [0.1, 0.15) is 0 Å². The van der Waals surface area contributed by atoms with E-state index in [9.17, 15) is 4.79 Å². The molecular formula is C16H18BrNO. The number of nitrogens with zero attached hydrogens (tertiary/aromatic N) is 1. The van der Waals surface area contributed by atoms with Gasteiger partial charge in [-0.25, -0.2) is 0 Å². The molecule has 0 radical (unpaired) electrons. The quantitative estimate of drug-likeness (QED) is 0.619. The molecule has 0 fully saturated rings. The van der Waals surface area contributed by atoms with E-state index < -0.39 is 0 Å². The van der Waals surface area contributed by atoms with Gasteiger partial charge in [0.05, 0.1) is 0 Å². The Bertz CT molecular complexity index is 537. The van der Waals surface area contributed by atoms with Gasteiger partial charge < -0.3 is 4.57 Å². The molecule has 0 saturated carbocycles. The Balaban J connectivity index is 0.000000550. The first-order valence-corrected chi connectivity index (χ1v) is 7.18. The van der Waals surface area contributed by atoms with Crippen LogP contribution in [0.4, 0.5) is 0 Å². The van der Waals surface area contributed by atoms with Crippen LogP contribution in [0, 0.1) is 0 Å². The zero-order valence-corrected chi connectivity index (χ0v) is 12.6. The standard InChI is InChI=1S/C13H12BrNO.C3H6/c14-9-11-1-3-12(4-2-11)10-15-7-5-13(16)6-8-15;1-3-2/h1-8H,9-10H2;3H,1H2,2H3. The second-order valence-electron chi connectivity index (χ2n) is 4.06. The molecule has 2 aromatic rings. The van der Waals surface area contributed by atoms with E-state index in [1.54, 1.807) is 30.6 Å². The molecule has 2 nitrogen and oxygen atoms in total. The molecular weight excluding hydrogens is 302 g/mol. The van der Waals surface area contributed by atoms with Crippen LogP contribution in [0.2, 0.25) is 0 Å². The van der Waals surface area contributed by atoms with E-state index >= 15 is 0 Å². The molecule has 1 heterocycles. The van der Waals surface area contributed by atoms with Crippen LogP contribution >= 0.6 is 15.9 Å². The van der Waals surface area contributed by atoms with Gasteiger partial charge in [0.15, 0.2) is 5.43 Å². The molecule has 0 unspecified atom stereocenters. The Labute approximate surface area is 122 Å². The molecule has 0 amide bonds. The summed E-state index contributed by atoms with van der Waals surface area (Å²) >= 11 is 3.42. The minimum atomic E-state index is 0.0471. The summed E-state index contributed by atoms with van der Waals surface area (Å²) in [5, 5.41) is 0.880. The Morgan fingerprint density at radius 1 is 1.11 bits per heavy atom. The summed E-state index contributed by atoms with van der Waals surface area (Å²) in [4.78, 5) is 10.9. The lowest BCUT2D eigenvalue weighted by molar-refractivity contribution is 0.788. The summed E-state index contributed by atoms with van der Waals surface area (Å²) in [6.45, 7) is 6.04. The zero-order chi connectivity index (χ0) is 14.1. The third-order valence-corrected chi connectivity index (χ3v) is 3.05. The number of alkyl halides is 1. The molecule has 0 atom stereocenters. The molecule has 0 aliphatic heterocycles. The van der Waals surface area contributed by atoms with E-state index in [-0.39, 0.29) is 5.43 Å². The SMILES string of the molecule is C=CC.O=c1ccn(Cc2ccc(CBr)cc2)cc1. The normalized spacial score (nSPS) is 9.37. The predicted octanol–water partition coefficient (Wildman–Crippen LogP) is 3.98. The molecule has 0 spiro atoms. The lowest BCUT2D eigenvalue weighted by Crippen LogP contribution is -2.04. The zero-order valence-electron chi connectivity index (χ0n) is 11.1. The molecule has 0 aliphatic carbocycles. The highest BCUT2D eigenvalue weighted by atomic mass is 79.9. The summed E-state index contributed by atoms with van der Waals surface area (Å²) in [7, 11) is 0. The topological polar surface area (TPSA) is 22.0 Å². The molecule has 19 heavy (non-hydrogen) atoms. The van der Waals surface area contributed by atoms with Crippen LogP contribution in [0.25, 0.3) is 0 Å². The summed E-state index contributed by atoms with van der Waals surface area (Å²) in [5.41, 5.74) is 2.54. The van der Waals surface area contributed by atoms with Crippen molar-refractivity contribution in [2.75, 3.05) is 0 Å². The molecule has 100 valence electrons. The van der Waals surface area contributed by atoms with Crippen LogP contribution in [0.3, 0.4) is 0 Å². The third kappa shape index (κ3) is 5.71. The van der Waals surface area contributed by atoms with Crippen molar-refractivity contribution in [3.8, 4) is 0 Å². The summed E-state index contributed by atoms with van der Waals surface area (Å²) in [5.74, 6) is 0. The fourth-order valence-corrected chi connectivity index (χ4v) is 1.87. The molecule has 0 bridgehead atoms. The van der Waals surface area contributed by atoms with E-state index in [1.807, 2.05) is 11.5 Å². The Morgan fingerprint density at radius 3 is 2.05 bits per heavy atom. The fourth-order valence-electron chi connectivity index (χ4n) is 1.49. The predicted molar refractivity (Wildman–Crippen MR) is 84.7 cm³/mol. The largest absolute Gasteiger partial charge is 0.350 e. The van der Waals surface area contributed by atoms with Gasteiger partial charge in [-0.2, -0.15) is 0 Å².